The number of halogens is 1. The lowest BCUT2D eigenvalue weighted by Crippen LogP contribution is -2.58. The summed E-state index contributed by atoms with van der Waals surface area (Å²) in [6.07, 6.45) is 4.49. The fourth-order valence-corrected chi connectivity index (χ4v) is 9.12. The number of phenolic OH excluding ortho intramolecular Hbond substituents is 1. The van der Waals surface area contributed by atoms with Gasteiger partial charge in [0.25, 0.3) is 0 Å². The van der Waals surface area contributed by atoms with Crippen LogP contribution in [-0.2, 0) is 31.0 Å². The summed E-state index contributed by atoms with van der Waals surface area (Å²) in [5.74, 6) is -6.71. The molecule has 3 aliphatic carbocycles. The van der Waals surface area contributed by atoms with Crippen LogP contribution in [0.25, 0.3) is 5.57 Å². The van der Waals surface area contributed by atoms with Crippen LogP contribution in [0.4, 0.5) is 10.1 Å². The van der Waals surface area contributed by atoms with Crippen molar-refractivity contribution in [3.8, 4) is 5.75 Å². The minimum atomic E-state index is -1.54. The molecule has 1 N–H and O–H groups in total. The Labute approximate surface area is 283 Å². The Morgan fingerprint density at radius 2 is 1.51 bits per heavy atom. The van der Waals surface area contributed by atoms with E-state index in [0.717, 1.165) is 18.1 Å². The molecule has 0 spiro atoms. The number of hydrogen-bond donors (Lipinski definition) is 1. The van der Waals surface area contributed by atoms with Gasteiger partial charge in [-0.15, -0.1) is 0 Å². The van der Waals surface area contributed by atoms with Crippen molar-refractivity contribution in [2.45, 2.75) is 37.5 Å². The quantitative estimate of drug-likeness (QED) is 0.183. The topological polar surface area (TPSA) is 91.8 Å². The first-order chi connectivity index (χ1) is 23.8. The van der Waals surface area contributed by atoms with Gasteiger partial charge in [0.15, 0.2) is 23.1 Å². The van der Waals surface area contributed by atoms with E-state index in [2.05, 4.69) is 0 Å². The Bertz CT molecular complexity index is 2090. The predicted molar refractivity (Wildman–Crippen MR) is 183 cm³/mol. The average molecular weight is 652 g/mol. The number of carbonyl (C=O) groups excluding carboxylic acids is 4. The number of nitrogens with zero attached hydrogens (tertiary/aromatic N) is 1. The van der Waals surface area contributed by atoms with Gasteiger partial charge >= 0.3 is 0 Å². The van der Waals surface area contributed by atoms with E-state index >= 15 is 9.18 Å². The molecule has 0 radical (unpaired) electrons. The maximum absolute atomic E-state index is 15.2. The van der Waals surface area contributed by atoms with Gasteiger partial charge in [0.2, 0.25) is 11.8 Å². The Morgan fingerprint density at radius 3 is 2.20 bits per heavy atom. The number of fused-ring (bicyclic) bond motifs is 4. The van der Waals surface area contributed by atoms with Crippen molar-refractivity contribution in [2.75, 3.05) is 4.90 Å². The number of carbonyl (C=O) groups is 4. The predicted octanol–water partition coefficient (Wildman–Crippen LogP) is 7.12. The number of anilines is 1. The number of hydrogen-bond acceptors (Lipinski definition) is 5. The monoisotopic (exact) mass is 651 g/mol. The maximum atomic E-state index is 15.2. The van der Waals surface area contributed by atoms with Crippen LogP contribution in [0.2, 0.25) is 0 Å². The summed E-state index contributed by atoms with van der Waals surface area (Å²) in [6, 6.07) is 29.7. The number of phenols is 1. The van der Waals surface area contributed by atoms with Crippen molar-refractivity contribution in [3.05, 3.63) is 149 Å². The van der Waals surface area contributed by atoms with Crippen LogP contribution in [0.5, 0.6) is 5.75 Å². The second-order valence-electron chi connectivity index (χ2n) is 13.5. The Balaban J connectivity index is 1.35. The zero-order valence-corrected chi connectivity index (χ0v) is 26.9. The van der Waals surface area contributed by atoms with E-state index in [1.807, 2.05) is 37.3 Å². The molecule has 2 amide bonds. The number of amides is 2. The number of ketones is 2. The average Bonchev–Trinajstić information content (AvgIpc) is 3.39. The molecule has 6 nitrogen and oxygen atoms in total. The normalized spacial score (nSPS) is 27.6. The summed E-state index contributed by atoms with van der Waals surface area (Å²) in [4.78, 5) is 59.7. The standard InChI is InChI=1S/C42H34FNO5/c1-2-24-16-18-27(19-17-24)44-40(48)29-21-20-28-32(36(29)41(44)49)22-33-38(46)31(25-10-5-3-6-11-25)23-35(45)42(33,26-12-7-4-8-13-26)37(28)30-14-9-15-34(43)39(30)47/h3-20,23,29,32-33,36-37,47H,2,21-22H2,1H3. The van der Waals surface area contributed by atoms with E-state index in [0.29, 0.717) is 22.4 Å². The van der Waals surface area contributed by atoms with E-state index in [-0.39, 0.29) is 47.4 Å². The summed E-state index contributed by atoms with van der Waals surface area (Å²) in [5, 5.41) is 11.3. The van der Waals surface area contributed by atoms with Crippen LogP contribution in [-0.4, -0.2) is 28.5 Å². The molecule has 244 valence electrons. The first-order valence-corrected chi connectivity index (χ1v) is 16.8. The van der Waals surface area contributed by atoms with Gasteiger partial charge in [-0.3, -0.25) is 24.1 Å². The molecule has 6 atom stereocenters. The third-order valence-electron chi connectivity index (χ3n) is 11.3. The van der Waals surface area contributed by atoms with Crippen molar-refractivity contribution >= 4 is 34.6 Å². The minimum absolute atomic E-state index is 0.130. The van der Waals surface area contributed by atoms with Gasteiger partial charge in [-0.1, -0.05) is 104 Å². The van der Waals surface area contributed by atoms with Crippen LogP contribution >= 0.6 is 0 Å². The highest BCUT2D eigenvalue weighted by Crippen LogP contribution is 2.64. The van der Waals surface area contributed by atoms with Gasteiger partial charge in [0.1, 0.15) is 0 Å². The zero-order valence-electron chi connectivity index (χ0n) is 26.9. The first kappa shape index (κ1) is 30.9. The van der Waals surface area contributed by atoms with E-state index in [1.54, 1.807) is 66.7 Å². The van der Waals surface area contributed by atoms with E-state index in [1.165, 1.54) is 17.0 Å². The summed E-state index contributed by atoms with van der Waals surface area (Å²) >= 11 is 0. The molecule has 6 unspecified atom stereocenters. The second-order valence-corrected chi connectivity index (χ2v) is 13.5. The van der Waals surface area contributed by atoms with Crippen molar-refractivity contribution < 1.29 is 28.7 Å². The number of Topliss-reactive ketones (excluding diaryl/α,β-unsaturated/α-hetero) is 1. The molecule has 4 aromatic rings. The highest BCUT2D eigenvalue weighted by Gasteiger charge is 2.66. The summed E-state index contributed by atoms with van der Waals surface area (Å²) in [5.41, 5.74) is 2.32. The minimum Gasteiger partial charge on any atom is -0.505 e. The van der Waals surface area contributed by atoms with E-state index < -0.39 is 46.6 Å². The third-order valence-corrected chi connectivity index (χ3v) is 11.3. The van der Waals surface area contributed by atoms with Gasteiger partial charge in [0, 0.05) is 23.0 Å². The summed E-state index contributed by atoms with van der Waals surface area (Å²) in [6.45, 7) is 2.03. The molecule has 1 heterocycles. The molecule has 49 heavy (non-hydrogen) atoms. The molecule has 1 saturated carbocycles. The highest BCUT2D eigenvalue weighted by molar-refractivity contribution is 6.32. The van der Waals surface area contributed by atoms with Gasteiger partial charge in [0.05, 0.1) is 22.9 Å². The SMILES string of the molecule is CCc1ccc(N2C(=O)C3CC=C4C(CC5C(=O)C(c6ccccc6)=CC(=O)C5(c5ccccc5)C4c4cccc(F)c4O)C3C2=O)cc1. The number of aromatic hydroxyl groups is 1. The molecule has 0 aromatic heterocycles. The zero-order chi connectivity index (χ0) is 34.0. The molecule has 4 aromatic carbocycles. The van der Waals surface area contributed by atoms with Gasteiger partial charge in [-0.2, -0.15) is 0 Å². The largest absolute Gasteiger partial charge is 0.505 e. The number of benzene rings is 4. The number of imide groups is 1. The lowest BCUT2D eigenvalue weighted by Gasteiger charge is -2.55. The van der Waals surface area contributed by atoms with E-state index in [9.17, 15) is 19.5 Å². The number of allylic oxidation sites excluding steroid dienone is 4. The molecule has 0 bridgehead atoms. The summed E-state index contributed by atoms with van der Waals surface area (Å²) in [7, 11) is 0. The van der Waals surface area contributed by atoms with E-state index in [4.69, 9.17) is 0 Å². The Hall–Kier alpha value is -5.43. The number of para-hydroxylation sites is 1. The van der Waals surface area contributed by atoms with Crippen LogP contribution in [0, 0.1) is 29.5 Å². The second kappa shape index (κ2) is 11.6. The Morgan fingerprint density at radius 1 is 0.816 bits per heavy atom. The highest BCUT2D eigenvalue weighted by atomic mass is 19.1. The van der Waals surface area contributed by atoms with Crippen LogP contribution in [0.15, 0.2) is 121 Å². The third kappa shape index (κ3) is 4.44. The first-order valence-electron chi connectivity index (χ1n) is 16.8. The Kier molecular flexibility index (Phi) is 7.32. The lowest BCUT2D eigenvalue weighted by atomic mass is 9.44. The van der Waals surface area contributed by atoms with Gasteiger partial charge in [-0.05, 0) is 66.1 Å². The molecule has 7 heteroatoms. The van der Waals surface area contributed by atoms with Crippen LogP contribution in [0.1, 0.15) is 47.9 Å². The van der Waals surface area contributed by atoms with Crippen LogP contribution in [0.3, 0.4) is 0 Å². The fraction of sp³-hybridized carbons (Fsp3) is 0.238. The van der Waals surface area contributed by atoms with Crippen molar-refractivity contribution in [2.24, 2.45) is 23.7 Å². The molecule has 1 saturated heterocycles. The van der Waals surface area contributed by atoms with Gasteiger partial charge < -0.3 is 5.11 Å². The molecular formula is C42H34FNO5. The van der Waals surface area contributed by atoms with Crippen molar-refractivity contribution in [3.63, 3.8) is 0 Å². The smallest absolute Gasteiger partial charge is 0.238 e. The molecular weight excluding hydrogens is 617 g/mol. The van der Waals surface area contributed by atoms with Gasteiger partial charge in [-0.25, -0.2) is 4.39 Å². The van der Waals surface area contributed by atoms with Crippen LogP contribution < -0.4 is 4.90 Å². The summed E-state index contributed by atoms with van der Waals surface area (Å²) < 4.78 is 15.2. The van der Waals surface area contributed by atoms with Crippen molar-refractivity contribution in [1.82, 2.24) is 0 Å². The number of rotatable bonds is 5. The molecule has 1 aliphatic heterocycles. The lowest BCUT2D eigenvalue weighted by molar-refractivity contribution is -0.135. The molecule has 2 fully saturated rings. The number of aryl methyl sites for hydroxylation is 1. The molecule has 8 rings (SSSR count). The maximum Gasteiger partial charge on any atom is 0.238 e. The van der Waals surface area contributed by atoms with Crippen molar-refractivity contribution in [1.29, 1.82) is 0 Å². The fourth-order valence-electron chi connectivity index (χ4n) is 9.12. The molecule has 4 aliphatic rings.